The van der Waals surface area contributed by atoms with Crippen molar-refractivity contribution in [3.05, 3.63) is 29.3 Å². The molecule has 2 atom stereocenters. The maximum atomic E-state index is 14.1. The van der Waals surface area contributed by atoms with E-state index in [9.17, 15) is 18.4 Å². The van der Waals surface area contributed by atoms with Crippen molar-refractivity contribution in [3.63, 3.8) is 0 Å². The maximum Gasteiger partial charge on any atom is 0.404 e. The molecule has 0 radical (unpaired) electrons. The van der Waals surface area contributed by atoms with Crippen LogP contribution in [0.3, 0.4) is 0 Å². The van der Waals surface area contributed by atoms with Crippen LogP contribution in [0, 0.1) is 11.6 Å². The van der Waals surface area contributed by atoms with E-state index >= 15 is 0 Å². The number of methoxy groups -OCH3 is 1. The van der Waals surface area contributed by atoms with Crippen molar-refractivity contribution in [1.29, 1.82) is 0 Å². The summed E-state index contributed by atoms with van der Waals surface area (Å²) in [5, 5.41) is 13.4. The average molecular weight is 300 g/mol. The number of carbonyl (C=O) groups excluding carboxylic acids is 1. The lowest BCUT2D eigenvalue weighted by atomic mass is 9.85. The summed E-state index contributed by atoms with van der Waals surface area (Å²) < 4.78 is 32.9. The average Bonchev–Trinajstić information content (AvgIpc) is 2.40. The zero-order chi connectivity index (χ0) is 15.6. The van der Waals surface area contributed by atoms with Gasteiger partial charge in [0.25, 0.3) is 0 Å². The van der Waals surface area contributed by atoms with E-state index < -0.39 is 35.6 Å². The Balaban J connectivity index is 2.40. The van der Waals surface area contributed by atoms with Crippen LogP contribution in [0.5, 0.6) is 5.75 Å². The summed E-state index contributed by atoms with van der Waals surface area (Å²) in [6.45, 7) is -0.0271. The third kappa shape index (κ3) is 3.21. The minimum Gasteiger partial charge on any atom is -0.497 e. The molecule has 1 fully saturated rings. The second-order valence-corrected chi connectivity index (χ2v) is 4.68. The topological polar surface area (TPSA) is 87.7 Å². The van der Waals surface area contributed by atoms with Crippen LogP contribution in [0.2, 0.25) is 0 Å². The monoisotopic (exact) mass is 300 g/mol. The highest BCUT2D eigenvalue weighted by molar-refractivity contribution is 5.78. The Morgan fingerprint density at radius 2 is 2.05 bits per heavy atom. The molecule has 2 rings (SSSR count). The fourth-order valence-corrected chi connectivity index (χ4v) is 2.43. The SMILES string of the molecule is COc1cc(F)c(C2CC(=O)NCC2NC(=O)O)c(F)c1. The number of piperidine rings is 1. The Bertz CT molecular complexity index is 556. The van der Waals surface area contributed by atoms with Crippen LogP contribution in [0.25, 0.3) is 0 Å². The molecule has 1 aliphatic heterocycles. The summed E-state index contributed by atoms with van der Waals surface area (Å²) in [5.74, 6) is -3.04. The smallest absolute Gasteiger partial charge is 0.404 e. The van der Waals surface area contributed by atoms with Crippen molar-refractivity contribution in [2.75, 3.05) is 13.7 Å². The highest BCUT2D eigenvalue weighted by Gasteiger charge is 2.35. The first kappa shape index (κ1) is 15.0. The Morgan fingerprint density at radius 3 is 2.57 bits per heavy atom. The number of nitrogens with one attached hydrogen (secondary N) is 2. The molecule has 0 bridgehead atoms. The number of carbonyl (C=O) groups is 2. The molecule has 1 aromatic rings. The highest BCUT2D eigenvalue weighted by Crippen LogP contribution is 2.32. The van der Waals surface area contributed by atoms with Crippen LogP contribution in [0.1, 0.15) is 17.9 Å². The normalized spacial score (nSPS) is 21.6. The number of halogens is 2. The number of benzene rings is 1. The van der Waals surface area contributed by atoms with E-state index in [1.54, 1.807) is 0 Å². The summed E-state index contributed by atoms with van der Waals surface area (Å²) in [4.78, 5) is 22.2. The molecule has 0 aliphatic carbocycles. The number of rotatable bonds is 3. The third-order valence-corrected chi connectivity index (χ3v) is 3.38. The van der Waals surface area contributed by atoms with E-state index in [1.165, 1.54) is 7.11 Å². The van der Waals surface area contributed by atoms with Crippen LogP contribution in [0.4, 0.5) is 13.6 Å². The molecule has 1 aliphatic rings. The third-order valence-electron chi connectivity index (χ3n) is 3.38. The van der Waals surface area contributed by atoms with Crippen molar-refractivity contribution in [2.24, 2.45) is 0 Å². The van der Waals surface area contributed by atoms with Crippen molar-refractivity contribution >= 4 is 12.0 Å². The molecule has 2 amide bonds. The molecule has 0 spiro atoms. The minimum absolute atomic E-state index is 0.0109. The minimum atomic E-state index is -1.32. The van der Waals surface area contributed by atoms with E-state index in [1.807, 2.05) is 0 Å². The number of hydrogen-bond acceptors (Lipinski definition) is 3. The van der Waals surface area contributed by atoms with Crippen LogP contribution >= 0.6 is 0 Å². The van der Waals surface area contributed by atoms with Crippen molar-refractivity contribution in [3.8, 4) is 5.75 Å². The molecule has 2 unspecified atom stereocenters. The summed E-state index contributed by atoms with van der Waals surface area (Å²) in [6.07, 6.45) is -1.53. The van der Waals surface area contributed by atoms with Gasteiger partial charge in [0, 0.05) is 36.6 Å². The first-order valence-electron chi connectivity index (χ1n) is 6.21. The van der Waals surface area contributed by atoms with Gasteiger partial charge in [-0.3, -0.25) is 4.79 Å². The molecule has 0 aromatic heterocycles. The van der Waals surface area contributed by atoms with E-state index in [0.717, 1.165) is 12.1 Å². The molecule has 114 valence electrons. The summed E-state index contributed by atoms with van der Waals surface area (Å²) in [6, 6.07) is 1.20. The zero-order valence-corrected chi connectivity index (χ0v) is 11.2. The van der Waals surface area contributed by atoms with Crippen LogP contribution < -0.4 is 15.4 Å². The van der Waals surface area contributed by atoms with Crippen molar-refractivity contribution < 1.29 is 28.2 Å². The molecule has 1 aromatic carbocycles. The number of amides is 2. The summed E-state index contributed by atoms with van der Waals surface area (Å²) >= 11 is 0. The summed E-state index contributed by atoms with van der Waals surface area (Å²) in [5.41, 5.74) is -0.315. The van der Waals surface area contributed by atoms with E-state index in [-0.39, 0.29) is 24.3 Å². The van der Waals surface area contributed by atoms with E-state index in [2.05, 4.69) is 10.6 Å². The molecule has 1 saturated heterocycles. The molecular weight excluding hydrogens is 286 g/mol. The molecule has 8 heteroatoms. The van der Waals surface area contributed by atoms with Crippen molar-refractivity contribution in [2.45, 2.75) is 18.4 Å². The lowest BCUT2D eigenvalue weighted by Crippen LogP contribution is -2.52. The second kappa shape index (κ2) is 5.94. The van der Waals surface area contributed by atoms with Crippen LogP contribution in [-0.2, 0) is 4.79 Å². The van der Waals surface area contributed by atoms with Gasteiger partial charge in [-0.2, -0.15) is 0 Å². The lowest BCUT2D eigenvalue weighted by molar-refractivity contribution is -0.123. The zero-order valence-electron chi connectivity index (χ0n) is 11.2. The predicted octanol–water partition coefficient (Wildman–Crippen LogP) is 1.21. The molecule has 1 heterocycles. The molecule has 3 N–H and O–H groups in total. The second-order valence-electron chi connectivity index (χ2n) is 4.68. The van der Waals surface area contributed by atoms with E-state index in [4.69, 9.17) is 9.84 Å². The quantitative estimate of drug-likeness (QED) is 0.783. The highest BCUT2D eigenvalue weighted by atomic mass is 19.1. The van der Waals surface area contributed by atoms with Gasteiger partial charge in [0.15, 0.2) is 0 Å². The van der Waals surface area contributed by atoms with Gasteiger partial charge in [0.2, 0.25) is 5.91 Å². The van der Waals surface area contributed by atoms with Gasteiger partial charge in [-0.1, -0.05) is 0 Å². The molecule has 0 saturated carbocycles. The molecule has 21 heavy (non-hydrogen) atoms. The maximum absolute atomic E-state index is 14.1. The van der Waals surface area contributed by atoms with Gasteiger partial charge < -0.3 is 20.5 Å². The molecule has 6 nitrogen and oxygen atoms in total. The van der Waals surface area contributed by atoms with Crippen LogP contribution in [-0.4, -0.2) is 36.8 Å². The lowest BCUT2D eigenvalue weighted by Gasteiger charge is -2.32. The summed E-state index contributed by atoms with van der Waals surface area (Å²) in [7, 11) is 1.27. The number of hydrogen-bond donors (Lipinski definition) is 3. The first-order valence-corrected chi connectivity index (χ1v) is 6.21. The number of carboxylic acid groups (broad SMARTS) is 1. The fourth-order valence-electron chi connectivity index (χ4n) is 2.43. The van der Waals surface area contributed by atoms with Crippen LogP contribution in [0.15, 0.2) is 12.1 Å². The Hall–Kier alpha value is -2.38. The Kier molecular flexibility index (Phi) is 4.25. The predicted molar refractivity (Wildman–Crippen MR) is 68.2 cm³/mol. The van der Waals surface area contributed by atoms with Gasteiger partial charge in [-0.25, -0.2) is 13.6 Å². The molecular formula is C13H14F2N2O4. The van der Waals surface area contributed by atoms with Gasteiger partial charge in [-0.15, -0.1) is 0 Å². The van der Waals surface area contributed by atoms with E-state index in [0.29, 0.717) is 0 Å². The fraction of sp³-hybridized carbons (Fsp3) is 0.385. The Morgan fingerprint density at radius 1 is 1.43 bits per heavy atom. The van der Waals surface area contributed by atoms with Gasteiger partial charge in [0.1, 0.15) is 17.4 Å². The van der Waals surface area contributed by atoms with Gasteiger partial charge in [-0.05, 0) is 0 Å². The van der Waals surface area contributed by atoms with Crippen molar-refractivity contribution in [1.82, 2.24) is 10.6 Å². The van der Waals surface area contributed by atoms with Gasteiger partial charge >= 0.3 is 6.09 Å². The largest absolute Gasteiger partial charge is 0.497 e. The first-order chi connectivity index (χ1) is 9.92. The Labute approximate surface area is 119 Å². The number of ether oxygens (including phenoxy) is 1. The van der Waals surface area contributed by atoms with Gasteiger partial charge in [0.05, 0.1) is 13.2 Å². The standard InChI is InChI=1S/C13H14F2N2O4/c1-21-6-2-8(14)12(9(15)3-6)7-4-11(18)16-5-10(7)17-13(19)20/h2-3,7,10,17H,4-5H2,1H3,(H,16,18)(H,19,20).